The average Bonchev–Trinajstić information content (AvgIpc) is 2.47. The van der Waals surface area contributed by atoms with Gasteiger partial charge in [0.05, 0.1) is 0 Å². The molecule has 0 atom stereocenters. The summed E-state index contributed by atoms with van der Waals surface area (Å²) >= 11 is 0. The topological polar surface area (TPSA) is 43.2 Å². The van der Waals surface area contributed by atoms with Gasteiger partial charge in [-0.15, -0.1) is 0 Å². The molecule has 2 aromatic carbocycles. The summed E-state index contributed by atoms with van der Waals surface area (Å²) in [6, 6.07) is 14.0. The minimum Gasteiger partial charge on any atom is -0.415 e. The molecule has 0 N–H and O–H groups in total. The Balaban J connectivity index is 1.76. The molecule has 2 aliphatic heterocycles. The Bertz CT molecular complexity index is 645. The number of nitrogens with zero attached hydrogens (tertiary/aromatic N) is 2. The zero-order valence-electron chi connectivity index (χ0n) is 9.98. The lowest BCUT2D eigenvalue weighted by Gasteiger charge is -2.32. The van der Waals surface area contributed by atoms with Gasteiger partial charge in [-0.05, 0) is 24.3 Å². The number of hydrogen-bond donors (Lipinski definition) is 0. The molecule has 0 fully saturated rings. The third-order valence-corrected chi connectivity index (χ3v) is 3.06. The quantitative estimate of drug-likeness (QED) is 0.721. The highest BCUT2D eigenvalue weighted by Crippen LogP contribution is 2.34. The van der Waals surface area contributed by atoms with E-state index in [4.69, 9.17) is 9.47 Å². The fourth-order valence-corrected chi connectivity index (χ4v) is 2.11. The molecule has 0 aliphatic carbocycles. The second-order valence-corrected chi connectivity index (χ2v) is 4.34. The Morgan fingerprint density at radius 1 is 0.684 bits per heavy atom. The van der Waals surface area contributed by atoms with Crippen molar-refractivity contribution in [2.45, 2.75) is 6.03 Å². The third-order valence-electron chi connectivity index (χ3n) is 3.06. The monoisotopic (exact) mass is 250 g/mol. The first kappa shape index (κ1) is 10.3. The van der Waals surface area contributed by atoms with Crippen molar-refractivity contribution in [1.82, 2.24) is 0 Å². The van der Waals surface area contributed by atoms with Crippen LogP contribution in [-0.4, -0.2) is 18.5 Å². The van der Waals surface area contributed by atoms with Gasteiger partial charge >= 0.3 is 6.03 Å². The van der Waals surface area contributed by atoms with Crippen LogP contribution >= 0.6 is 0 Å². The Morgan fingerprint density at radius 2 is 1.16 bits per heavy atom. The van der Waals surface area contributed by atoms with Gasteiger partial charge in [0.15, 0.2) is 0 Å². The predicted octanol–water partition coefficient (Wildman–Crippen LogP) is 2.62. The minimum absolute atomic E-state index is 0.717. The Hall–Kier alpha value is -2.62. The van der Waals surface area contributed by atoms with Crippen LogP contribution in [0.5, 0.6) is 11.5 Å². The smallest absolute Gasteiger partial charge is 0.415 e. The molecule has 92 valence electrons. The van der Waals surface area contributed by atoms with Crippen LogP contribution in [0, 0.1) is 0 Å². The van der Waals surface area contributed by atoms with E-state index >= 15 is 0 Å². The van der Waals surface area contributed by atoms with Crippen molar-refractivity contribution in [3.8, 4) is 11.5 Å². The first-order valence-corrected chi connectivity index (χ1v) is 6.01. The summed E-state index contributed by atoms with van der Waals surface area (Å²) in [6.45, 7) is 0. The molecule has 0 aromatic heterocycles. The number of hydrogen-bond acceptors (Lipinski definition) is 4. The first-order valence-electron chi connectivity index (χ1n) is 6.01. The lowest BCUT2D eigenvalue weighted by Crippen LogP contribution is -2.42. The molecule has 1 spiro atoms. The van der Waals surface area contributed by atoms with E-state index in [9.17, 15) is 0 Å². The van der Waals surface area contributed by atoms with E-state index in [1.807, 2.05) is 48.5 Å². The molecule has 19 heavy (non-hydrogen) atoms. The summed E-state index contributed by atoms with van der Waals surface area (Å²) < 4.78 is 11.6. The zero-order chi connectivity index (χ0) is 12.7. The second-order valence-electron chi connectivity index (χ2n) is 4.34. The summed E-state index contributed by atoms with van der Waals surface area (Å²) in [5.41, 5.74) is 1.84. The highest BCUT2D eigenvalue weighted by Gasteiger charge is 2.39. The molecular formula is C15H10N2O2. The lowest BCUT2D eigenvalue weighted by molar-refractivity contribution is -0.102. The van der Waals surface area contributed by atoms with Crippen LogP contribution < -0.4 is 9.47 Å². The van der Waals surface area contributed by atoms with Gasteiger partial charge in [-0.3, -0.25) is 0 Å². The van der Waals surface area contributed by atoms with Gasteiger partial charge in [-0.2, -0.15) is 9.98 Å². The average molecular weight is 250 g/mol. The van der Waals surface area contributed by atoms with Crippen LogP contribution in [0.15, 0.2) is 58.5 Å². The molecule has 0 unspecified atom stereocenters. The van der Waals surface area contributed by atoms with Crippen molar-refractivity contribution < 1.29 is 9.47 Å². The molecule has 2 aliphatic rings. The standard InChI is InChI=1S/C15H10N2O2/c1-3-7-13-11(5-1)9-16-15(18-13)17-10-12-6-2-4-8-14(12)19-15/h1-10H. The van der Waals surface area contributed by atoms with Gasteiger partial charge in [0.2, 0.25) is 0 Å². The van der Waals surface area contributed by atoms with Gasteiger partial charge in [0, 0.05) is 23.6 Å². The minimum atomic E-state index is -1.32. The zero-order valence-corrected chi connectivity index (χ0v) is 9.98. The molecule has 4 nitrogen and oxygen atoms in total. The highest BCUT2D eigenvalue weighted by atomic mass is 16.7. The molecule has 0 bridgehead atoms. The van der Waals surface area contributed by atoms with E-state index in [1.54, 1.807) is 12.4 Å². The summed E-state index contributed by atoms with van der Waals surface area (Å²) in [6.07, 6.45) is 3.45. The number of fused-ring (bicyclic) bond motifs is 2. The molecule has 0 saturated carbocycles. The number of benzene rings is 2. The molecule has 4 rings (SSSR count). The molecule has 0 radical (unpaired) electrons. The lowest BCUT2D eigenvalue weighted by atomic mass is 10.2. The van der Waals surface area contributed by atoms with E-state index in [0.29, 0.717) is 11.5 Å². The normalized spacial score (nSPS) is 17.3. The van der Waals surface area contributed by atoms with E-state index in [0.717, 1.165) is 11.1 Å². The summed E-state index contributed by atoms with van der Waals surface area (Å²) in [5.74, 6) is 1.43. The fourth-order valence-electron chi connectivity index (χ4n) is 2.11. The van der Waals surface area contributed by atoms with Crippen molar-refractivity contribution in [2.75, 3.05) is 0 Å². The molecule has 4 heteroatoms. The van der Waals surface area contributed by atoms with Crippen molar-refractivity contribution in [1.29, 1.82) is 0 Å². The number of para-hydroxylation sites is 2. The van der Waals surface area contributed by atoms with Crippen LogP contribution in [0.25, 0.3) is 0 Å². The Morgan fingerprint density at radius 3 is 1.68 bits per heavy atom. The van der Waals surface area contributed by atoms with E-state index < -0.39 is 6.03 Å². The molecule has 0 saturated heterocycles. The molecule has 0 amide bonds. The maximum Gasteiger partial charge on any atom is 0.471 e. The largest absolute Gasteiger partial charge is 0.471 e. The van der Waals surface area contributed by atoms with Crippen molar-refractivity contribution in [2.24, 2.45) is 9.98 Å². The van der Waals surface area contributed by atoms with Crippen LogP contribution in [0.4, 0.5) is 0 Å². The van der Waals surface area contributed by atoms with Crippen LogP contribution in [0.2, 0.25) is 0 Å². The van der Waals surface area contributed by atoms with Crippen LogP contribution in [0.3, 0.4) is 0 Å². The van der Waals surface area contributed by atoms with E-state index in [2.05, 4.69) is 9.98 Å². The maximum absolute atomic E-state index is 5.80. The molecular weight excluding hydrogens is 240 g/mol. The summed E-state index contributed by atoms with van der Waals surface area (Å²) in [7, 11) is 0. The molecule has 2 heterocycles. The van der Waals surface area contributed by atoms with E-state index in [-0.39, 0.29) is 0 Å². The van der Waals surface area contributed by atoms with Crippen molar-refractivity contribution in [3.63, 3.8) is 0 Å². The Labute approximate surface area is 110 Å². The van der Waals surface area contributed by atoms with Crippen molar-refractivity contribution in [3.05, 3.63) is 59.7 Å². The van der Waals surface area contributed by atoms with Crippen molar-refractivity contribution >= 4 is 12.4 Å². The second kappa shape index (κ2) is 3.68. The fraction of sp³-hybridized carbons (Fsp3) is 0.0667. The van der Waals surface area contributed by atoms with Crippen LogP contribution in [0.1, 0.15) is 11.1 Å². The van der Waals surface area contributed by atoms with Gasteiger partial charge in [0.1, 0.15) is 11.5 Å². The Kier molecular flexibility index (Phi) is 2.00. The number of rotatable bonds is 0. The van der Waals surface area contributed by atoms with Gasteiger partial charge < -0.3 is 9.47 Å². The van der Waals surface area contributed by atoms with Gasteiger partial charge in [-0.1, -0.05) is 24.3 Å². The van der Waals surface area contributed by atoms with Crippen LogP contribution in [-0.2, 0) is 0 Å². The summed E-state index contributed by atoms with van der Waals surface area (Å²) in [5, 5.41) is 0. The summed E-state index contributed by atoms with van der Waals surface area (Å²) in [4.78, 5) is 8.59. The van der Waals surface area contributed by atoms with E-state index in [1.165, 1.54) is 0 Å². The first-order chi connectivity index (χ1) is 9.35. The third kappa shape index (κ3) is 1.61. The van der Waals surface area contributed by atoms with Gasteiger partial charge in [0.25, 0.3) is 0 Å². The molecule has 2 aromatic rings. The predicted molar refractivity (Wildman–Crippen MR) is 72.1 cm³/mol. The number of ether oxygens (including phenoxy) is 2. The SMILES string of the molecule is C1=NC2(N=Cc3ccccc3O2)Oc2ccccc21. The van der Waals surface area contributed by atoms with Gasteiger partial charge in [-0.25, -0.2) is 0 Å². The highest BCUT2D eigenvalue weighted by molar-refractivity contribution is 5.87. The number of aliphatic imine (C=N–C) groups is 2. The maximum atomic E-state index is 5.80.